The van der Waals surface area contributed by atoms with Gasteiger partial charge in [0.15, 0.2) is 5.60 Å². The topological polar surface area (TPSA) is 9.23 Å². The Bertz CT molecular complexity index is 2460. The maximum atomic E-state index is 15.4. The van der Waals surface area contributed by atoms with Crippen molar-refractivity contribution in [2.45, 2.75) is 59.8 Å². The van der Waals surface area contributed by atoms with Crippen molar-refractivity contribution in [2.24, 2.45) is 0 Å². The van der Waals surface area contributed by atoms with Gasteiger partial charge in [-0.25, -0.2) is 4.39 Å². The van der Waals surface area contributed by atoms with Gasteiger partial charge in [-0.3, -0.25) is 0 Å². The van der Waals surface area contributed by atoms with Crippen molar-refractivity contribution in [2.75, 3.05) is 0 Å². The molecule has 1 nitrogen and oxygen atoms in total. The number of fused-ring (bicyclic) bond motifs is 8. The van der Waals surface area contributed by atoms with Crippen molar-refractivity contribution >= 4 is 28.6 Å². The Morgan fingerprint density at radius 3 is 1.96 bits per heavy atom. The normalized spacial score (nSPS) is 17.9. The van der Waals surface area contributed by atoms with Crippen LogP contribution in [0.3, 0.4) is 0 Å². The van der Waals surface area contributed by atoms with Gasteiger partial charge in [0.1, 0.15) is 11.6 Å². The van der Waals surface area contributed by atoms with Crippen LogP contribution in [0.25, 0.3) is 28.0 Å². The Labute approximate surface area is 315 Å². The fourth-order valence-electron chi connectivity index (χ4n) is 8.96. The second-order valence-corrected chi connectivity index (χ2v) is 16.5. The van der Waals surface area contributed by atoms with Crippen molar-refractivity contribution in [3.8, 4) is 16.9 Å². The number of hydrogen-bond acceptors (Lipinski definition) is 2. The molecule has 0 N–H and O–H groups in total. The summed E-state index contributed by atoms with van der Waals surface area (Å²) in [5.41, 5.74) is 10.5. The lowest BCUT2D eigenvalue weighted by atomic mass is 9.75. The summed E-state index contributed by atoms with van der Waals surface area (Å²) in [6, 6.07) is 51.1. The summed E-state index contributed by atoms with van der Waals surface area (Å²) in [4.78, 5) is 2.38. The third-order valence-corrected chi connectivity index (χ3v) is 12.5. The zero-order valence-electron chi connectivity index (χ0n) is 29.9. The SMILES string of the molecule is CC1(C)c2c(cc(F)cc2C2CC2)-c2c1c1c(c3ccccc23)OC(c2ccc(Cc3ccccc3)cc2)(c2ccc(Sc3ccccc3)cc2)C=C1. The van der Waals surface area contributed by atoms with E-state index >= 15 is 4.39 Å². The Balaban J connectivity index is 1.14. The van der Waals surface area contributed by atoms with Crippen LogP contribution in [0.4, 0.5) is 4.39 Å². The smallest absolute Gasteiger partial charge is 0.178 e. The van der Waals surface area contributed by atoms with E-state index in [1.54, 1.807) is 23.9 Å². The molecule has 7 aromatic rings. The third-order valence-electron chi connectivity index (χ3n) is 11.5. The summed E-state index contributed by atoms with van der Waals surface area (Å²) in [6.07, 6.45) is 7.68. The first kappa shape index (κ1) is 32.3. The van der Waals surface area contributed by atoms with Gasteiger partial charge in [0, 0.05) is 37.3 Å². The molecule has 258 valence electrons. The molecule has 0 spiro atoms. The fraction of sp³-hybridized carbons (Fsp3) is 0.160. The van der Waals surface area contributed by atoms with Gasteiger partial charge < -0.3 is 4.74 Å². The molecule has 1 saturated carbocycles. The highest BCUT2D eigenvalue weighted by molar-refractivity contribution is 7.99. The average Bonchev–Trinajstić information content (AvgIpc) is 4.01. The van der Waals surface area contributed by atoms with E-state index < -0.39 is 5.60 Å². The van der Waals surface area contributed by atoms with E-state index in [2.05, 4.69) is 159 Å². The Hall–Kier alpha value is -5.38. The Morgan fingerprint density at radius 1 is 0.660 bits per heavy atom. The molecule has 0 amide bonds. The van der Waals surface area contributed by atoms with Gasteiger partial charge in [0.25, 0.3) is 0 Å². The van der Waals surface area contributed by atoms with Crippen molar-refractivity contribution in [3.63, 3.8) is 0 Å². The molecule has 1 heterocycles. The van der Waals surface area contributed by atoms with E-state index in [4.69, 9.17) is 4.74 Å². The molecule has 0 aromatic heterocycles. The molecular formula is C50H39FOS. The summed E-state index contributed by atoms with van der Waals surface area (Å²) in [6.45, 7) is 4.64. The average molecular weight is 707 g/mol. The first-order valence-electron chi connectivity index (χ1n) is 18.7. The highest BCUT2D eigenvalue weighted by atomic mass is 32.2. The largest absolute Gasteiger partial charge is 0.472 e. The Kier molecular flexibility index (Phi) is 7.53. The highest BCUT2D eigenvalue weighted by Crippen LogP contribution is 2.61. The molecule has 2 aliphatic carbocycles. The van der Waals surface area contributed by atoms with Crippen LogP contribution in [0.1, 0.15) is 77.1 Å². The van der Waals surface area contributed by atoms with E-state index in [-0.39, 0.29) is 11.2 Å². The third kappa shape index (κ3) is 5.36. The molecule has 0 bridgehead atoms. The van der Waals surface area contributed by atoms with Gasteiger partial charge in [0.05, 0.1) is 0 Å². The first-order valence-corrected chi connectivity index (χ1v) is 19.5. The molecular weight excluding hydrogens is 668 g/mol. The molecule has 3 aliphatic rings. The van der Waals surface area contributed by atoms with Gasteiger partial charge in [-0.2, -0.15) is 0 Å². The summed E-state index contributed by atoms with van der Waals surface area (Å²) in [7, 11) is 0. The molecule has 1 atom stereocenters. The maximum Gasteiger partial charge on any atom is 0.178 e. The molecule has 3 heteroatoms. The number of benzene rings is 7. The summed E-state index contributed by atoms with van der Waals surface area (Å²) in [5, 5.41) is 2.16. The van der Waals surface area contributed by atoms with E-state index in [0.29, 0.717) is 5.92 Å². The molecule has 0 radical (unpaired) electrons. The van der Waals surface area contributed by atoms with Crippen LogP contribution in [0, 0.1) is 5.82 Å². The Morgan fingerprint density at radius 2 is 1.26 bits per heavy atom. The predicted molar refractivity (Wildman–Crippen MR) is 217 cm³/mol. The molecule has 53 heavy (non-hydrogen) atoms. The number of rotatable bonds is 7. The van der Waals surface area contributed by atoms with Gasteiger partial charge in [-0.1, -0.05) is 141 Å². The van der Waals surface area contributed by atoms with E-state index in [1.165, 1.54) is 37.6 Å². The first-order chi connectivity index (χ1) is 25.9. The van der Waals surface area contributed by atoms with Crippen molar-refractivity contribution in [1.29, 1.82) is 0 Å². The van der Waals surface area contributed by atoms with E-state index in [0.717, 1.165) is 63.6 Å². The highest BCUT2D eigenvalue weighted by Gasteiger charge is 2.46. The van der Waals surface area contributed by atoms with Gasteiger partial charge in [0.2, 0.25) is 0 Å². The van der Waals surface area contributed by atoms with Crippen LogP contribution in [0.5, 0.6) is 5.75 Å². The van der Waals surface area contributed by atoms with Crippen molar-refractivity contribution < 1.29 is 9.13 Å². The lowest BCUT2D eigenvalue weighted by Crippen LogP contribution is -2.35. The molecule has 0 saturated heterocycles. The van der Waals surface area contributed by atoms with Gasteiger partial charge >= 0.3 is 0 Å². The minimum atomic E-state index is -0.869. The van der Waals surface area contributed by atoms with Gasteiger partial charge in [-0.05, 0) is 112 Å². The second kappa shape index (κ2) is 12.4. The standard InChI is InChI=1S/C50H39FOS/c1-49(2)46-43(34-19-20-34)30-37(51)31-44(46)45-40-15-9-10-16-41(40)48-42(47(45)49)27-28-50(52-48,35-21-17-33(18-22-35)29-32-11-5-3-6-12-32)36-23-25-39(26-24-36)53-38-13-7-4-8-14-38/h3-18,21-28,30-31,34H,19-20,29H2,1-2H3. The minimum absolute atomic E-state index is 0.147. The quantitative estimate of drug-likeness (QED) is 0.163. The monoisotopic (exact) mass is 706 g/mol. The molecule has 1 aliphatic heterocycles. The fourth-order valence-corrected chi connectivity index (χ4v) is 9.80. The number of hydrogen-bond donors (Lipinski definition) is 0. The van der Waals surface area contributed by atoms with Crippen LogP contribution >= 0.6 is 11.8 Å². The van der Waals surface area contributed by atoms with Gasteiger partial charge in [-0.15, -0.1) is 0 Å². The summed E-state index contributed by atoms with van der Waals surface area (Å²) in [5.74, 6) is 1.17. The number of halogens is 1. The zero-order valence-corrected chi connectivity index (χ0v) is 30.7. The summed E-state index contributed by atoms with van der Waals surface area (Å²) >= 11 is 1.76. The van der Waals surface area contributed by atoms with Crippen LogP contribution in [-0.2, 0) is 17.4 Å². The van der Waals surface area contributed by atoms with E-state index in [1.807, 2.05) is 0 Å². The van der Waals surface area contributed by atoms with Crippen molar-refractivity contribution in [3.05, 3.63) is 202 Å². The molecule has 10 rings (SSSR count). The van der Waals surface area contributed by atoms with Crippen LogP contribution in [0.15, 0.2) is 161 Å². The molecule has 7 aromatic carbocycles. The number of ether oxygens (including phenoxy) is 1. The van der Waals surface area contributed by atoms with Crippen molar-refractivity contribution in [1.82, 2.24) is 0 Å². The minimum Gasteiger partial charge on any atom is -0.472 e. The zero-order chi connectivity index (χ0) is 35.7. The van der Waals surface area contributed by atoms with Crippen LogP contribution in [0.2, 0.25) is 0 Å². The second-order valence-electron chi connectivity index (χ2n) is 15.3. The lowest BCUT2D eigenvalue weighted by Gasteiger charge is -2.38. The molecule has 1 unspecified atom stereocenters. The van der Waals surface area contributed by atoms with Crippen LogP contribution in [-0.4, -0.2) is 0 Å². The lowest BCUT2D eigenvalue weighted by molar-refractivity contribution is 0.163. The summed E-state index contributed by atoms with van der Waals surface area (Å²) < 4.78 is 23.0. The van der Waals surface area contributed by atoms with Crippen LogP contribution < -0.4 is 4.74 Å². The predicted octanol–water partition coefficient (Wildman–Crippen LogP) is 13.3. The molecule has 1 fully saturated rings. The van der Waals surface area contributed by atoms with E-state index in [9.17, 15) is 0 Å². The maximum absolute atomic E-state index is 15.4.